The third-order valence-electron chi connectivity index (χ3n) is 3.22. The highest BCUT2D eigenvalue weighted by molar-refractivity contribution is 5.74. The minimum absolute atomic E-state index is 0.00658. The highest BCUT2D eigenvalue weighted by atomic mass is 16.3. The van der Waals surface area contributed by atoms with Gasteiger partial charge in [0.05, 0.1) is 12.3 Å². The Bertz CT molecular complexity index is 370. The second kappa shape index (κ2) is 8.64. The maximum Gasteiger partial charge on any atom is 0.317 e. The SMILES string of the molecule is CCCN(CCC)C(=O)NCC(c1ccco1)N(C)C. The summed E-state index contributed by atoms with van der Waals surface area (Å²) in [4.78, 5) is 16.1. The molecule has 5 heteroatoms. The maximum atomic E-state index is 12.2. The third-order valence-corrected chi connectivity index (χ3v) is 3.22. The number of nitrogens with one attached hydrogen (secondary N) is 1. The first-order valence-electron chi connectivity index (χ1n) is 7.32. The first-order valence-corrected chi connectivity index (χ1v) is 7.32. The Morgan fingerprint density at radius 3 is 2.40 bits per heavy atom. The highest BCUT2D eigenvalue weighted by Gasteiger charge is 2.19. The molecule has 1 N–H and O–H groups in total. The van der Waals surface area contributed by atoms with Gasteiger partial charge in [0.2, 0.25) is 0 Å². The monoisotopic (exact) mass is 281 g/mol. The summed E-state index contributed by atoms with van der Waals surface area (Å²) in [6, 6.07) is 3.87. The van der Waals surface area contributed by atoms with Crippen molar-refractivity contribution in [3.63, 3.8) is 0 Å². The van der Waals surface area contributed by atoms with Crippen molar-refractivity contribution < 1.29 is 9.21 Å². The van der Waals surface area contributed by atoms with Gasteiger partial charge in [-0.1, -0.05) is 13.8 Å². The van der Waals surface area contributed by atoms with E-state index in [0.29, 0.717) is 6.54 Å². The Balaban J connectivity index is 2.56. The number of carbonyl (C=O) groups excluding carboxylic acids is 1. The Kier molecular flexibility index (Phi) is 7.15. The average molecular weight is 281 g/mol. The minimum Gasteiger partial charge on any atom is -0.468 e. The van der Waals surface area contributed by atoms with Crippen LogP contribution in [-0.4, -0.2) is 49.6 Å². The van der Waals surface area contributed by atoms with Crippen molar-refractivity contribution in [2.24, 2.45) is 0 Å². The Morgan fingerprint density at radius 2 is 1.95 bits per heavy atom. The van der Waals surface area contributed by atoms with E-state index < -0.39 is 0 Å². The van der Waals surface area contributed by atoms with Crippen LogP contribution in [0.3, 0.4) is 0 Å². The smallest absolute Gasteiger partial charge is 0.317 e. The molecule has 20 heavy (non-hydrogen) atoms. The van der Waals surface area contributed by atoms with E-state index in [9.17, 15) is 4.79 Å². The molecule has 0 aliphatic carbocycles. The molecule has 0 aromatic carbocycles. The summed E-state index contributed by atoms with van der Waals surface area (Å²) in [6.45, 7) is 6.31. The number of hydrogen-bond donors (Lipinski definition) is 1. The van der Waals surface area contributed by atoms with Crippen LogP contribution < -0.4 is 5.32 Å². The van der Waals surface area contributed by atoms with Crippen molar-refractivity contribution >= 4 is 6.03 Å². The van der Waals surface area contributed by atoms with Crippen LogP contribution in [0.2, 0.25) is 0 Å². The van der Waals surface area contributed by atoms with Gasteiger partial charge >= 0.3 is 6.03 Å². The summed E-state index contributed by atoms with van der Waals surface area (Å²) in [5.74, 6) is 0.868. The van der Waals surface area contributed by atoms with Crippen LogP contribution in [0.1, 0.15) is 38.5 Å². The molecule has 2 amide bonds. The minimum atomic E-state index is 0.00658. The molecule has 0 radical (unpaired) electrons. The maximum absolute atomic E-state index is 12.2. The second-order valence-electron chi connectivity index (χ2n) is 5.17. The summed E-state index contributed by atoms with van der Waals surface area (Å²) in [5.41, 5.74) is 0. The van der Waals surface area contributed by atoms with Crippen molar-refractivity contribution in [3.8, 4) is 0 Å². The summed E-state index contributed by atoms with van der Waals surface area (Å²) in [5, 5.41) is 3.01. The molecule has 1 atom stereocenters. The molecule has 0 spiro atoms. The van der Waals surface area contributed by atoms with Gasteiger partial charge in [-0.3, -0.25) is 4.90 Å². The highest BCUT2D eigenvalue weighted by Crippen LogP contribution is 2.17. The van der Waals surface area contributed by atoms with Gasteiger partial charge < -0.3 is 14.6 Å². The number of rotatable bonds is 8. The lowest BCUT2D eigenvalue weighted by Gasteiger charge is -2.26. The quantitative estimate of drug-likeness (QED) is 0.797. The van der Waals surface area contributed by atoms with Gasteiger partial charge in [0.15, 0.2) is 0 Å². The van der Waals surface area contributed by atoms with E-state index in [1.807, 2.05) is 36.0 Å². The lowest BCUT2D eigenvalue weighted by molar-refractivity contribution is 0.189. The lowest BCUT2D eigenvalue weighted by Crippen LogP contribution is -2.43. The van der Waals surface area contributed by atoms with E-state index in [2.05, 4.69) is 19.2 Å². The first-order chi connectivity index (χ1) is 9.60. The van der Waals surface area contributed by atoms with Crippen molar-refractivity contribution in [1.29, 1.82) is 0 Å². The Hall–Kier alpha value is -1.49. The molecule has 0 bridgehead atoms. The van der Waals surface area contributed by atoms with Gasteiger partial charge in [0, 0.05) is 19.6 Å². The molecule has 0 aliphatic heterocycles. The molecule has 0 aliphatic rings. The topological polar surface area (TPSA) is 48.7 Å². The number of likely N-dealkylation sites (N-methyl/N-ethyl adjacent to an activating group) is 1. The number of nitrogens with zero attached hydrogens (tertiary/aromatic N) is 2. The van der Waals surface area contributed by atoms with Crippen molar-refractivity contribution in [3.05, 3.63) is 24.2 Å². The largest absolute Gasteiger partial charge is 0.468 e. The molecule has 0 saturated carbocycles. The predicted octanol–water partition coefficient (Wildman–Crippen LogP) is 2.71. The lowest BCUT2D eigenvalue weighted by atomic mass is 10.2. The fourth-order valence-corrected chi connectivity index (χ4v) is 2.17. The molecule has 114 valence electrons. The zero-order chi connectivity index (χ0) is 15.0. The van der Waals surface area contributed by atoms with Crippen LogP contribution >= 0.6 is 0 Å². The number of amides is 2. The number of urea groups is 1. The van der Waals surface area contributed by atoms with Crippen LogP contribution in [-0.2, 0) is 0 Å². The van der Waals surface area contributed by atoms with Crippen LogP contribution in [0, 0.1) is 0 Å². The standard InChI is InChI=1S/C15H27N3O2/c1-5-9-18(10-6-2)15(19)16-12-13(17(3)4)14-8-7-11-20-14/h7-8,11,13H,5-6,9-10,12H2,1-4H3,(H,16,19). The summed E-state index contributed by atoms with van der Waals surface area (Å²) in [6.07, 6.45) is 3.61. The molecule has 1 rings (SSSR count). The van der Waals surface area contributed by atoms with E-state index in [0.717, 1.165) is 31.7 Å². The predicted molar refractivity (Wildman–Crippen MR) is 80.7 cm³/mol. The number of furan rings is 1. The molecular formula is C15H27N3O2. The molecule has 1 heterocycles. The molecule has 1 aromatic heterocycles. The van der Waals surface area contributed by atoms with Gasteiger partial charge in [0.25, 0.3) is 0 Å². The molecule has 0 saturated heterocycles. The van der Waals surface area contributed by atoms with E-state index in [1.165, 1.54) is 0 Å². The van der Waals surface area contributed by atoms with Crippen LogP contribution in [0.15, 0.2) is 22.8 Å². The van der Waals surface area contributed by atoms with Crippen LogP contribution in [0.5, 0.6) is 0 Å². The van der Waals surface area contributed by atoms with Gasteiger partial charge in [-0.15, -0.1) is 0 Å². The van der Waals surface area contributed by atoms with E-state index in [4.69, 9.17) is 4.42 Å². The van der Waals surface area contributed by atoms with Gasteiger partial charge in [-0.25, -0.2) is 4.79 Å². The van der Waals surface area contributed by atoms with Gasteiger partial charge in [0.1, 0.15) is 5.76 Å². The van der Waals surface area contributed by atoms with Crippen LogP contribution in [0.25, 0.3) is 0 Å². The molecule has 5 nitrogen and oxygen atoms in total. The van der Waals surface area contributed by atoms with E-state index >= 15 is 0 Å². The van der Waals surface area contributed by atoms with Gasteiger partial charge in [-0.2, -0.15) is 0 Å². The summed E-state index contributed by atoms with van der Waals surface area (Å²) < 4.78 is 5.44. The molecule has 1 unspecified atom stereocenters. The van der Waals surface area contributed by atoms with E-state index in [-0.39, 0.29) is 12.1 Å². The van der Waals surface area contributed by atoms with Gasteiger partial charge in [-0.05, 0) is 39.1 Å². The first kappa shape index (κ1) is 16.6. The summed E-state index contributed by atoms with van der Waals surface area (Å²) in [7, 11) is 3.96. The average Bonchev–Trinajstić information content (AvgIpc) is 2.92. The third kappa shape index (κ3) is 4.89. The normalized spacial score (nSPS) is 12.4. The zero-order valence-electron chi connectivity index (χ0n) is 13.1. The summed E-state index contributed by atoms with van der Waals surface area (Å²) >= 11 is 0. The van der Waals surface area contributed by atoms with Crippen molar-refractivity contribution in [2.75, 3.05) is 33.7 Å². The molecule has 1 aromatic rings. The fourth-order valence-electron chi connectivity index (χ4n) is 2.17. The fraction of sp³-hybridized carbons (Fsp3) is 0.667. The number of hydrogen-bond acceptors (Lipinski definition) is 3. The van der Waals surface area contributed by atoms with Crippen molar-refractivity contribution in [2.45, 2.75) is 32.7 Å². The molecule has 0 fully saturated rings. The second-order valence-corrected chi connectivity index (χ2v) is 5.17. The zero-order valence-corrected chi connectivity index (χ0v) is 13.1. The molecular weight excluding hydrogens is 254 g/mol. The number of carbonyl (C=O) groups is 1. The van der Waals surface area contributed by atoms with Crippen LogP contribution in [0.4, 0.5) is 4.79 Å². The van der Waals surface area contributed by atoms with E-state index in [1.54, 1.807) is 6.26 Å². The Labute approximate surface area is 121 Å². The Morgan fingerprint density at radius 1 is 1.30 bits per heavy atom. The van der Waals surface area contributed by atoms with Crippen molar-refractivity contribution in [1.82, 2.24) is 15.1 Å².